The van der Waals surface area contributed by atoms with Crippen LogP contribution in [-0.4, -0.2) is 19.3 Å². The van der Waals surface area contributed by atoms with Crippen LogP contribution in [0.3, 0.4) is 0 Å². The lowest BCUT2D eigenvalue weighted by Gasteiger charge is -2.33. The fourth-order valence-corrected chi connectivity index (χ4v) is 8.83. The van der Waals surface area contributed by atoms with Crippen molar-refractivity contribution in [3.8, 4) is 23.0 Å². The predicted octanol–water partition coefficient (Wildman–Crippen LogP) is 13.5. The quantitative estimate of drug-likeness (QED) is 0.118. The Hall–Kier alpha value is -4.64. The fraction of sp³-hybridized carbons (Fsp3) is 0.429. The summed E-state index contributed by atoms with van der Waals surface area (Å²) in [6.45, 7) is 23.2. The van der Waals surface area contributed by atoms with Crippen molar-refractivity contribution in [1.29, 1.82) is 0 Å². The minimum atomic E-state index is 0.323. The smallest absolute Gasteiger partial charge is 0.137 e. The lowest BCUT2D eigenvalue weighted by Crippen LogP contribution is -2.21. The van der Waals surface area contributed by atoms with Gasteiger partial charge in [0, 0.05) is 46.3 Å². The molecule has 0 spiro atoms. The highest BCUT2D eigenvalue weighted by Gasteiger charge is 2.33. The average Bonchev–Trinajstić information content (AvgIpc) is 3.64. The van der Waals surface area contributed by atoms with Crippen LogP contribution in [0.15, 0.2) is 90.6 Å². The number of hydrogen-bond acceptors (Lipinski definition) is 3. The second-order valence-electron chi connectivity index (χ2n) is 17.4. The number of ether oxygens (including phenoxy) is 1. The molecular formula is C49H60N4O. The third kappa shape index (κ3) is 7.65. The summed E-state index contributed by atoms with van der Waals surface area (Å²) in [6, 6.07) is 26.0. The van der Waals surface area contributed by atoms with Crippen molar-refractivity contribution in [2.24, 2.45) is 23.7 Å². The van der Waals surface area contributed by atoms with Crippen LogP contribution < -0.4 is 4.74 Å². The standard InChI is InChI=1S/C49H60N4O/c1-30(2)15-19-43-49(48-35(9)23-34(8)24-36(48)10)45(20-16-31(3)4)53(51-43)38-26-37(32(5)6)27-40(28-38)54-39-17-18-42-41-13-11-12-14-44(41)52(46(42)29-39)47-25-33(7)21-22-50-47/h11-14,17-18,21-23,25-32,34,36,48H,15-16,19-20,24H2,1-10H3/t34?,36-,48+/m0/s1. The van der Waals surface area contributed by atoms with E-state index in [1.165, 1.54) is 50.8 Å². The number of rotatable bonds is 12. The van der Waals surface area contributed by atoms with Crippen LogP contribution >= 0.6 is 0 Å². The Morgan fingerprint density at radius 2 is 1.52 bits per heavy atom. The van der Waals surface area contributed by atoms with Gasteiger partial charge in [-0.1, -0.05) is 85.2 Å². The molecule has 3 heterocycles. The van der Waals surface area contributed by atoms with E-state index in [1.807, 2.05) is 12.3 Å². The zero-order chi connectivity index (χ0) is 38.3. The summed E-state index contributed by atoms with van der Waals surface area (Å²) < 4.78 is 11.5. The van der Waals surface area contributed by atoms with Crippen molar-refractivity contribution >= 4 is 21.8 Å². The molecule has 1 aliphatic rings. The predicted molar refractivity (Wildman–Crippen MR) is 227 cm³/mol. The number of para-hydroxylation sites is 1. The maximum Gasteiger partial charge on any atom is 0.137 e. The molecule has 0 amide bonds. The molecule has 6 aromatic rings. The lowest BCUT2D eigenvalue weighted by atomic mass is 9.71. The Morgan fingerprint density at radius 1 is 0.778 bits per heavy atom. The van der Waals surface area contributed by atoms with Crippen molar-refractivity contribution < 1.29 is 4.74 Å². The SMILES string of the molecule is CC1=CC(C)C[C@H](C)[C@@H]1c1c(CCC(C)C)nn(-c2cc(Oc3ccc4c5ccccc5n(-c5cc(C)ccn5)c4c3)cc(C(C)C)c2)c1CCC(C)C. The molecule has 0 aliphatic heterocycles. The van der Waals surface area contributed by atoms with E-state index >= 15 is 0 Å². The van der Waals surface area contributed by atoms with Gasteiger partial charge in [-0.15, -0.1) is 0 Å². The first-order chi connectivity index (χ1) is 25.9. The van der Waals surface area contributed by atoms with Gasteiger partial charge in [0.25, 0.3) is 0 Å². The largest absolute Gasteiger partial charge is 0.457 e. The van der Waals surface area contributed by atoms with Crippen LogP contribution in [0.2, 0.25) is 0 Å². The van der Waals surface area contributed by atoms with Gasteiger partial charge < -0.3 is 4.74 Å². The summed E-state index contributed by atoms with van der Waals surface area (Å²) in [6.07, 6.45) is 9.89. The minimum Gasteiger partial charge on any atom is -0.457 e. The summed E-state index contributed by atoms with van der Waals surface area (Å²) in [4.78, 5) is 4.79. The normalized spacial score (nSPS) is 17.7. The van der Waals surface area contributed by atoms with Crippen molar-refractivity contribution in [2.75, 3.05) is 0 Å². The first-order valence-corrected chi connectivity index (χ1v) is 20.5. The van der Waals surface area contributed by atoms with Gasteiger partial charge in [0.15, 0.2) is 0 Å². The van der Waals surface area contributed by atoms with E-state index in [4.69, 9.17) is 14.8 Å². The van der Waals surface area contributed by atoms with E-state index < -0.39 is 0 Å². The molecule has 0 bridgehead atoms. The lowest BCUT2D eigenvalue weighted by molar-refractivity contribution is 0.388. The highest BCUT2D eigenvalue weighted by atomic mass is 16.5. The third-order valence-electron chi connectivity index (χ3n) is 11.5. The van der Waals surface area contributed by atoms with Crippen molar-refractivity contribution in [3.05, 3.63) is 119 Å². The Balaban J connectivity index is 1.37. The van der Waals surface area contributed by atoms with Gasteiger partial charge >= 0.3 is 0 Å². The van der Waals surface area contributed by atoms with Crippen LogP contribution in [-0.2, 0) is 12.8 Å². The molecule has 3 aromatic heterocycles. The van der Waals surface area contributed by atoms with Crippen LogP contribution in [0.25, 0.3) is 33.3 Å². The summed E-state index contributed by atoms with van der Waals surface area (Å²) in [5.74, 6) is 5.65. The second-order valence-corrected chi connectivity index (χ2v) is 17.4. The molecule has 282 valence electrons. The number of benzene rings is 3. The number of hydrogen-bond donors (Lipinski definition) is 0. The highest BCUT2D eigenvalue weighted by molar-refractivity contribution is 6.09. The minimum absolute atomic E-state index is 0.323. The Kier molecular flexibility index (Phi) is 10.9. The first-order valence-electron chi connectivity index (χ1n) is 20.5. The van der Waals surface area contributed by atoms with Crippen LogP contribution in [0.5, 0.6) is 11.5 Å². The van der Waals surface area contributed by atoms with Gasteiger partial charge in [0.1, 0.15) is 17.3 Å². The van der Waals surface area contributed by atoms with E-state index in [0.717, 1.165) is 59.7 Å². The molecule has 5 heteroatoms. The molecule has 7 rings (SSSR count). The molecule has 3 atom stereocenters. The van der Waals surface area contributed by atoms with Gasteiger partial charge in [-0.2, -0.15) is 5.10 Å². The molecule has 54 heavy (non-hydrogen) atoms. The van der Waals surface area contributed by atoms with E-state index in [2.05, 4.69) is 151 Å². The number of pyridine rings is 1. The summed E-state index contributed by atoms with van der Waals surface area (Å²) in [5.41, 5.74) is 11.4. The Morgan fingerprint density at radius 3 is 2.24 bits per heavy atom. The number of nitrogens with zero attached hydrogens (tertiary/aromatic N) is 4. The molecular weight excluding hydrogens is 661 g/mol. The number of aryl methyl sites for hydroxylation is 2. The van der Waals surface area contributed by atoms with Crippen molar-refractivity contribution in [2.45, 2.75) is 113 Å². The molecule has 1 aliphatic carbocycles. The number of fused-ring (bicyclic) bond motifs is 3. The highest BCUT2D eigenvalue weighted by Crippen LogP contribution is 2.45. The topological polar surface area (TPSA) is 44.9 Å². The first kappa shape index (κ1) is 37.7. The number of aromatic nitrogens is 4. The summed E-state index contributed by atoms with van der Waals surface area (Å²) >= 11 is 0. The maximum absolute atomic E-state index is 6.88. The van der Waals surface area contributed by atoms with E-state index in [-0.39, 0.29) is 0 Å². The van der Waals surface area contributed by atoms with Gasteiger partial charge in [0.2, 0.25) is 0 Å². The van der Waals surface area contributed by atoms with E-state index in [1.54, 1.807) is 0 Å². The van der Waals surface area contributed by atoms with Gasteiger partial charge in [0.05, 0.1) is 22.4 Å². The van der Waals surface area contributed by atoms with Crippen molar-refractivity contribution in [3.63, 3.8) is 0 Å². The van der Waals surface area contributed by atoms with Gasteiger partial charge in [-0.05, 0) is 129 Å². The van der Waals surface area contributed by atoms with Crippen molar-refractivity contribution in [1.82, 2.24) is 19.3 Å². The molecule has 1 unspecified atom stereocenters. The third-order valence-corrected chi connectivity index (χ3v) is 11.5. The van der Waals surface area contributed by atoms with E-state index in [0.29, 0.717) is 35.5 Å². The van der Waals surface area contributed by atoms with E-state index in [9.17, 15) is 0 Å². The zero-order valence-electron chi connectivity index (χ0n) is 34.3. The average molecular weight is 721 g/mol. The van der Waals surface area contributed by atoms with Crippen LogP contribution in [0.4, 0.5) is 0 Å². The Labute approximate surface area is 323 Å². The maximum atomic E-state index is 6.88. The van der Waals surface area contributed by atoms with Crippen LogP contribution in [0, 0.1) is 30.6 Å². The van der Waals surface area contributed by atoms with Crippen LogP contribution in [0.1, 0.15) is 121 Å². The molecule has 0 saturated carbocycles. The molecule has 0 radical (unpaired) electrons. The molecule has 0 saturated heterocycles. The monoisotopic (exact) mass is 720 g/mol. The molecule has 0 N–H and O–H groups in total. The molecule has 5 nitrogen and oxygen atoms in total. The summed E-state index contributed by atoms with van der Waals surface area (Å²) in [5, 5.41) is 7.97. The van der Waals surface area contributed by atoms with Gasteiger partial charge in [-0.3, -0.25) is 4.57 Å². The second kappa shape index (κ2) is 15.6. The Bertz CT molecular complexity index is 2300. The number of allylic oxidation sites excluding steroid dienone is 2. The summed E-state index contributed by atoms with van der Waals surface area (Å²) in [7, 11) is 0. The zero-order valence-corrected chi connectivity index (χ0v) is 34.3. The van der Waals surface area contributed by atoms with Gasteiger partial charge in [-0.25, -0.2) is 9.67 Å². The molecule has 3 aromatic carbocycles. The molecule has 0 fully saturated rings. The fourth-order valence-electron chi connectivity index (χ4n) is 8.83.